The standard InChI is InChI=1S/C18H33N3O6/c1-9-11-27-17(24)14(5)20(7)15(22)12(3)19(6)16(23)13(4)21(8)18(25)26-10-2/h12-14H,9-11H2,1-8H3. The average Bonchev–Trinajstić information content (AvgIpc) is 2.67. The summed E-state index contributed by atoms with van der Waals surface area (Å²) in [6.45, 7) is 8.74. The highest BCUT2D eigenvalue weighted by Gasteiger charge is 2.34. The fraction of sp³-hybridized carbons (Fsp3) is 0.778. The largest absolute Gasteiger partial charge is 0.464 e. The summed E-state index contributed by atoms with van der Waals surface area (Å²) in [5.41, 5.74) is 0. The Morgan fingerprint density at radius 2 is 1.19 bits per heavy atom. The molecule has 0 aromatic rings. The van der Waals surface area contributed by atoms with Crippen LogP contribution >= 0.6 is 0 Å². The van der Waals surface area contributed by atoms with Gasteiger partial charge in [0.1, 0.15) is 18.1 Å². The van der Waals surface area contributed by atoms with E-state index in [0.717, 1.165) is 0 Å². The highest BCUT2D eigenvalue weighted by Crippen LogP contribution is 2.10. The van der Waals surface area contributed by atoms with Gasteiger partial charge in [-0.1, -0.05) is 6.92 Å². The maximum atomic E-state index is 12.7. The number of carbonyl (C=O) groups excluding carboxylic acids is 4. The van der Waals surface area contributed by atoms with Crippen LogP contribution in [0.5, 0.6) is 0 Å². The van der Waals surface area contributed by atoms with Crippen LogP contribution < -0.4 is 0 Å². The first-order chi connectivity index (χ1) is 12.5. The van der Waals surface area contributed by atoms with Crippen LogP contribution in [-0.4, -0.2) is 91.1 Å². The lowest BCUT2D eigenvalue weighted by Gasteiger charge is -2.33. The predicted molar refractivity (Wildman–Crippen MR) is 100.0 cm³/mol. The molecule has 0 heterocycles. The molecule has 0 rings (SSSR count). The minimum Gasteiger partial charge on any atom is -0.464 e. The summed E-state index contributed by atoms with van der Waals surface area (Å²) in [5.74, 6) is -1.32. The third-order valence-electron chi connectivity index (χ3n) is 4.50. The second kappa shape index (κ2) is 11.4. The molecule has 9 heteroatoms. The molecule has 9 nitrogen and oxygen atoms in total. The Morgan fingerprint density at radius 3 is 1.63 bits per heavy atom. The van der Waals surface area contributed by atoms with E-state index in [1.807, 2.05) is 6.92 Å². The number of ether oxygens (including phenoxy) is 2. The van der Waals surface area contributed by atoms with Gasteiger partial charge < -0.3 is 19.3 Å². The molecule has 0 aromatic carbocycles. The number of likely N-dealkylation sites (N-methyl/N-ethyl adjacent to an activating group) is 3. The molecule has 0 aliphatic rings. The van der Waals surface area contributed by atoms with Crippen molar-refractivity contribution in [1.82, 2.24) is 14.7 Å². The molecular weight excluding hydrogens is 354 g/mol. The van der Waals surface area contributed by atoms with Gasteiger partial charge in [-0.2, -0.15) is 0 Å². The summed E-state index contributed by atoms with van der Waals surface area (Å²) in [7, 11) is 4.43. The third-order valence-corrected chi connectivity index (χ3v) is 4.50. The van der Waals surface area contributed by atoms with Crippen LogP contribution in [0, 0.1) is 0 Å². The van der Waals surface area contributed by atoms with Crippen molar-refractivity contribution < 1.29 is 28.7 Å². The Morgan fingerprint density at radius 1 is 0.741 bits per heavy atom. The van der Waals surface area contributed by atoms with Crippen LogP contribution in [0.2, 0.25) is 0 Å². The lowest BCUT2D eigenvalue weighted by atomic mass is 10.2. The Labute approximate surface area is 161 Å². The second-order valence-electron chi connectivity index (χ2n) is 6.40. The first kappa shape index (κ1) is 24.7. The highest BCUT2D eigenvalue weighted by atomic mass is 16.6. The quantitative estimate of drug-likeness (QED) is 0.550. The second-order valence-corrected chi connectivity index (χ2v) is 6.40. The van der Waals surface area contributed by atoms with E-state index < -0.39 is 42.0 Å². The van der Waals surface area contributed by atoms with Crippen molar-refractivity contribution in [3.8, 4) is 0 Å². The molecule has 3 unspecified atom stereocenters. The van der Waals surface area contributed by atoms with Gasteiger partial charge in [0.2, 0.25) is 11.8 Å². The molecule has 0 aliphatic heterocycles. The van der Waals surface area contributed by atoms with Crippen LogP contribution in [0.4, 0.5) is 4.79 Å². The van der Waals surface area contributed by atoms with Gasteiger partial charge in [0.15, 0.2) is 0 Å². The number of carbonyl (C=O) groups is 4. The van der Waals surface area contributed by atoms with Gasteiger partial charge in [-0.05, 0) is 34.1 Å². The smallest absolute Gasteiger partial charge is 0.410 e. The zero-order chi connectivity index (χ0) is 21.3. The number of esters is 1. The van der Waals surface area contributed by atoms with Gasteiger partial charge in [0, 0.05) is 21.1 Å². The van der Waals surface area contributed by atoms with E-state index in [2.05, 4.69) is 0 Å². The molecule has 0 radical (unpaired) electrons. The van der Waals surface area contributed by atoms with E-state index in [1.54, 1.807) is 27.7 Å². The summed E-state index contributed by atoms with van der Waals surface area (Å²) >= 11 is 0. The molecular formula is C18H33N3O6. The Balaban J connectivity index is 5.01. The van der Waals surface area contributed by atoms with Crippen molar-refractivity contribution >= 4 is 23.9 Å². The number of rotatable bonds is 9. The fourth-order valence-electron chi connectivity index (χ4n) is 2.17. The van der Waals surface area contributed by atoms with Crippen LogP contribution in [0.1, 0.15) is 41.0 Å². The molecule has 0 fully saturated rings. The summed E-state index contributed by atoms with van der Waals surface area (Å²) in [6, 6.07) is -2.39. The van der Waals surface area contributed by atoms with Crippen molar-refractivity contribution in [3.63, 3.8) is 0 Å². The monoisotopic (exact) mass is 387 g/mol. The van der Waals surface area contributed by atoms with E-state index in [-0.39, 0.29) is 13.2 Å². The van der Waals surface area contributed by atoms with Gasteiger partial charge in [-0.3, -0.25) is 14.5 Å². The van der Waals surface area contributed by atoms with Crippen molar-refractivity contribution in [2.24, 2.45) is 0 Å². The topological polar surface area (TPSA) is 96.5 Å². The molecule has 0 spiro atoms. The minimum atomic E-state index is -0.818. The van der Waals surface area contributed by atoms with Crippen LogP contribution in [0.15, 0.2) is 0 Å². The number of amides is 3. The predicted octanol–water partition coefficient (Wildman–Crippen LogP) is 1.11. The maximum Gasteiger partial charge on any atom is 0.410 e. The van der Waals surface area contributed by atoms with E-state index in [1.165, 1.54) is 35.8 Å². The van der Waals surface area contributed by atoms with Crippen molar-refractivity contribution in [1.29, 1.82) is 0 Å². The van der Waals surface area contributed by atoms with Gasteiger partial charge >= 0.3 is 12.1 Å². The lowest BCUT2D eigenvalue weighted by molar-refractivity contribution is -0.156. The third kappa shape index (κ3) is 6.73. The first-order valence-electron chi connectivity index (χ1n) is 9.10. The maximum absolute atomic E-state index is 12.7. The van der Waals surface area contributed by atoms with Crippen molar-refractivity contribution in [2.45, 2.75) is 59.2 Å². The first-order valence-corrected chi connectivity index (χ1v) is 9.10. The molecule has 0 bridgehead atoms. The zero-order valence-electron chi connectivity index (χ0n) is 17.6. The van der Waals surface area contributed by atoms with Crippen LogP contribution in [0.3, 0.4) is 0 Å². The van der Waals surface area contributed by atoms with Crippen LogP contribution in [-0.2, 0) is 23.9 Å². The summed E-state index contributed by atoms with van der Waals surface area (Å²) in [6.07, 6.45) is 0.0745. The van der Waals surface area contributed by atoms with E-state index in [0.29, 0.717) is 6.42 Å². The average molecular weight is 387 g/mol. The summed E-state index contributed by atoms with van der Waals surface area (Å²) in [5, 5.41) is 0. The van der Waals surface area contributed by atoms with Crippen molar-refractivity contribution in [3.05, 3.63) is 0 Å². The molecule has 0 aromatic heterocycles. The number of nitrogens with zero attached hydrogens (tertiary/aromatic N) is 3. The fourth-order valence-corrected chi connectivity index (χ4v) is 2.17. The van der Waals surface area contributed by atoms with Gasteiger partial charge in [0.05, 0.1) is 13.2 Å². The van der Waals surface area contributed by atoms with E-state index in [9.17, 15) is 19.2 Å². The summed E-state index contributed by atoms with van der Waals surface area (Å²) in [4.78, 5) is 52.7. The van der Waals surface area contributed by atoms with Gasteiger partial charge in [-0.25, -0.2) is 9.59 Å². The van der Waals surface area contributed by atoms with E-state index in [4.69, 9.17) is 9.47 Å². The molecule has 0 N–H and O–H groups in total. The Kier molecular flexibility index (Phi) is 10.4. The molecule has 27 heavy (non-hydrogen) atoms. The summed E-state index contributed by atoms with van der Waals surface area (Å²) < 4.78 is 9.94. The lowest BCUT2D eigenvalue weighted by Crippen LogP contribution is -2.54. The van der Waals surface area contributed by atoms with Gasteiger partial charge in [-0.15, -0.1) is 0 Å². The normalized spacial score (nSPS) is 13.8. The molecule has 3 amide bonds. The minimum absolute atomic E-state index is 0.200. The van der Waals surface area contributed by atoms with Gasteiger partial charge in [0.25, 0.3) is 0 Å². The molecule has 0 saturated carbocycles. The number of hydrogen-bond acceptors (Lipinski definition) is 6. The molecule has 156 valence electrons. The molecule has 0 aliphatic carbocycles. The Hall–Kier alpha value is -2.32. The zero-order valence-corrected chi connectivity index (χ0v) is 17.6. The van der Waals surface area contributed by atoms with Crippen molar-refractivity contribution in [2.75, 3.05) is 34.4 Å². The highest BCUT2D eigenvalue weighted by molar-refractivity contribution is 5.92. The number of hydrogen-bond donors (Lipinski definition) is 0. The Bertz CT molecular complexity index is 539. The van der Waals surface area contributed by atoms with Crippen LogP contribution in [0.25, 0.3) is 0 Å². The molecule has 3 atom stereocenters. The van der Waals surface area contributed by atoms with E-state index >= 15 is 0 Å². The SMILES string of the molecule is CCCOC(=O)C(C)N(C)C(=O)C(C)N(C)C(=O)C(C)N(C)C(=O)OCC. The molecule has 0 saturated heterocycles.